The van der Waals surface area contributed by atoms with E-state index in [4.69, 9.17) is 33.2 Å². The van der Waals surface area contributed by atoms with E-state index in [-0.39, 0.29) is 46.5 Å². The quantitative estimate of drug-likeness (QED) is 0.0691. The van der Waals surface area contributed by atoms with Crippen LogP contribution in [0.25, 0.3) is 0 Å². The molecule has 0 radical (unpaired) electrons. The van der Waals surface area contributed by atoms with E-state index in [2.05, 4.69) is 5.32 Å². The van der Waals surface area contributed by atoms with E-state index in [9.17, 15) is 29.1 Å². The van der Waals surface area contributed by atoms with Crippen LogP contribution in [0.3, 0.4) is 0 Å². The zero-order chi connectivity index (χ0) is 49.7. The Morgan fingerprint density at radius 3 is 1.58 bits per heavy atom. The summed E-state index contributed by atoms with van der Waals surface area (Å²) in [7, 11) is 1.54. The van der Waals surface area contributed by atoms with Gasteiger partial charge in [0, 0.05) is 11.3 Å². The van der Waals surface area contributed by atoms with Crippen LogP contribution in [0.2, 0.25) is 0 Å². The highest BCUT2D eigenvalue weighted by molar-refractivity contribution is 5.92. The Balaban J connectivity index is 1.31. The molecule has 0 aliphatic carbocycles. The number of hydrogen-bond donors (Lipinski definition) is 2. The molecule has 0 unspecified atom stereocenters. The van der Waals surface area contributed by atoms with Crippen LogP contribution in [0, 0.1) is 0 Å². The SMILES string of the molecule is COc1ccc(Cc2ccc(NC(=O)OCc3ccccc3)cc2[C@@]2(O)O[C@H]([C@@H](C)OC(=O)c3ccccc3)[C@@H](OC(=O)c3ccccc3)[C@H](OC(=O)c3ccccc3)[C@H]2OC(=O)c2ccccc2)cc1. The summed E-state index contributed by atoms with van der Waals surface area (Å²) in [4.78, 5) is 70.4. The van der Waals surface area contributed by atoms with Crippen LogP contribution in [0.1, 0.15) is 70.6 Å². The van der Waals surface area contributed by atoms with Crippen LogP contribution in [-0.4, -0.2) is 72.7 Å². The van der Waals surface area contributed by atoms with Crippen molar-refractivity contribution < 1.29 is 62.2 Å². The highest BCUT2D eigenvalue weighted by Crippen LogP contribution is 2.45. The number of hydrogen-bond acceptors (Lipinski definition) is 13. The fourth-order valence-electron chi connectivity index (χ4n) is 8.06. The molecule has 360 valence electrons. The molecule has 0 saturated carbocycles. The minimum atomic E-state index is -2.88. The van der Waals surface area contributed by atoms with Crippen molar-refractivity contribution in [2.45, 2.75) is 56.3 Å². The van der Waals surface area contributed by atoms with Gasteiger partial charge in [-0.25, -0.2) is 24.0 Å². The highest BCUT2D eigenvalue weighted by atomic mass is 16.7. The number of carbonyl (C=O) groups excluding carboxylic acids is 5. The summed E-state index contributed by atoms with van der Waals surface area (Å²) in [6.07, 6.45) is -9.55. The lowest BCUT2D eigenvalue weighted by Gasteiger charge is -2.50. The molecule has 1 aliphatic rings. The van der Waals surface area contributed by atoms with Crippen LogP contribution in [-0.2, 0) is 47.2 Å². The number of benzene rings is 7. The Labute approximate surface area is 409 Å². The van der Waals surface area contributed by atoms with Gasteiger partial charge in [-0.05, 0) is 103 Å². The summed E-state index contributed by atoms with van der Waals surface area (Å²) in [6, 6.07) is 52.6. The summed E-state index contributed by atoms with van der Waals surface area (Å²) in [5.74, 6) is -5.94. The Hall–Kier alpha value is -8.59. The highest BCUT2D eigenvalue weighted by Gasteiger charge is 2.62. The molecule has 1 aliphatic heterocycles. The number of aliphatic hydroxyl groups is 1. The fourth-order valence-corrected chi connectivity index (χ4v) is 8.06. The maximum atomic E-state index is 14.4. The molecule has 0 spiro atoms. The molecule has 1 heterocycles. The van der Waals surface area contributed by atoms with Gasteiger partial charge in [-0.1, -0.05) is 121 Å². The first-order valence-electron chi connectivity index (χ1n) is 22.7. The van der Waals surface area contributed by atoms with E-state index < -0.39 is 66.3 Å². The number of ether oxygens (including phenoxy) is 7. The molecule has 1 fully saturated rings. The Morgan fingerprint density at radius 1 is 0.577 bits per heavy atom. The number of amides is 1. The average molecular weight is 956 g/mol. The first kappa shape index (κ1) is 48.9. The molecule has 6 atom stereocenters. The van der Waals surface area contributed by atoms with E-state index >= 15 is 0 Å². The van der Waals surface area contributed by atoms with E-state index in [0.29, 0.717) is 11.3 Å². The summed E-state index contributed by atoms with van der Waals surface area (Å²) < 4.78 is 42.7. The summed E-state index contributed by atoms with van der Waals surface area (Å²) >= 11 is 0. The van der Waals surface area contributed by atoms with Crippen molar-refractivity contribution in [1.29, 1.82) is 0 Å². The molecule has 2 N–H and O–H groups in total. The molecule has 8 rings (SSSR count). The Morgan fingerprint density at radius 2 is 1.06 bits per heavy atom. The number of nitrogens with one attached hydrogen (secondary N) is 1. The molecule has 7 aromatic carbocycles. The number of carbonyl (C=O) groups is 5. The van der Waals surface area contributed by atoms with Gasteiger partial charge in [0.15, 0.2) is 12.2 Å². The summed E-state index contributed by atoms with van der Waals surface area (Å²) in [5, 5.41) is 16.5. The number of anilines is 1. The van der Waals surface area contributed by atoms with Gasteiger partial charge in [0.2, 0.25) is 11.9 Å². The zero-order valence-corrected chi connectivity index (χ0v) is 38.6. The molecule has 14 heteroatoms. The van der Waals surface area contributed by atoms with Gasteiger partial charge in [-0.15, -0.1) is 0 Å². The molecule has 1 amide bonds. The Kier molecular flexibility index (Phi) is 15.6. The van der Waals surface area contributed by atoms with Crippen LogP contribution in [0.4, 0.5) is 10.5 Å². The first-order chi connectivity index (χ1) is 34.5. The molecular weight excluding hydrogens is 907 g/mol. The smallest absolute Gasteiger partial charge is 0.411 e. The second kappa shape index (κ2) is 22.7. The van der Waals surface area contributed by atoms with Crippen LogP contribution in [0.15, 0.2) is 194 Å². The number of esters is 4. The van der Waals surface area contributed by atoms with Gasteiger partial charge in [0.25, 0.3) is 0 Å². The van der Waals surface area contributed by atoms with E-state index in [1.54, 1.807) is 121 Å². The van der Waals surface area contributed by atoms with Gasteiger partial charge in [-0.3, -0.25) is 5.32 Å². The standard InChI is InChI=1S/C57H49NO13/c1-37(67-52(59)40-20-10-4-11-21-40)48-49(68-53(60)41-22-12-5-13-23-41)50(69-54(61)42-24-14-6-15-25-42)51(70-55(62)43-26-16-7-17-27-43)57(64,71-48)47-35-45(58-56(63)66-36-39-18-8-3-9-19-39)31-30-44(47)34-38-28-32-46(65-2)33-29-38/h3-33,35,37,48-51,64H,34,36H2,1-2H3,(H,58,63)/t37-,48-,49-,50+,51-,57-/m1/s1. The van der Waals surface area contributed by atoms with E-state index in [1.165, 1.54) is 56.5 Å². The van der Waals surface area contributed by atoms with E-state index in [0.717, 1.165) is 11.1 Å². The normalized spacial score (nSPS) is 18.7. The van der Waals surface area contributed by atoms with Gasteiger partial charge in [-0.2, -0.15) is 0 Å². The maximum absolute atomic E-state index is 14.4. The second-order valence-electron chi connectivity index (χ2n) is 16.5. The van der Waals surface area contributed by atoms with Crippen LogP contribution < -0.4 is 10.1 Å². The number of rotatable bonds is 16. The van der Waals surface area contributed by atoms with Crippen molar-refractivity contribution in [3.05, 3.63) is 239 Å². The third-order valence-electron chi connectivity index (χ3n) is 11.7. The molecule has 1 saturated heterocycles. The van der Waals surface area contributed by atoms with E-state index in [1.807, 2.05) is 30.3 Å². The fraction of sp³-hybridized carbons (Fsp3) is 0.175. The van der Waals surface area contributed by atoms with Crippen molar-refractivity contribution >= 4 is 35.7 Å². The van der Waals surface area contributed by atoms with Crippen molar-refractivity contribution in [1.82, 2.24) is 0 Å². The lowest BCUT2D eigenvalue weighted by atomic mass is 9.83. The lowest BCUT2D eigenvalue weighted by molar-refractivity contribution is -0.360. The molecule has 14 nitrogen and oxygen atoms in total. The molecule has 0 aromatic heterocycles. The monoisotopic (exact) mass is 955 g/mol. The van der Waals surface area contributed by atoms with Gasteiger partial charge in [0.05, 0.1) is 29.4 Å². The largest absolute Gasteiger partial charge is 0.497 e. The third-order valence-corrected chi connectivity index (χ3v) is 11.7. The minimum Gasteiger partial charge on any atom is -0.497 e. The van der Waals surface area contributed by atoms with Crippen molar-refractivity contribution in [3.63, 3.8) is 0 Å². The predicted molar refractivity (Wildman–Crippen MR) is 260 cm³/mol. The predicted octanol–water partition coefficient (Wildman–Crippen LogP) is 9.50. The van der Waals surface area contributed by atoms with Crippen LogP contribution >= 0.6 is 0 Å². The molecule has 71 heavy (non-hydrogen) atoms. The van der Waals surface area contributed by atoms with Gasteiger partial charge < -0.3 is 38.3 Å². The zero-order valence-electron chi connectivity index (χ0n) is 38.6. The average Bonchev–Trinajstić information content (AvgIpc) is 3.41. The maximum Gasteiger partial charge on any atom is 0.411 e. The molecular formula is C57H49NO13. The minimum absolute atomic E-state index is 0.0446. The molecule has 7 aromatic rings. The van der Waals surface area contributed by atoms with Crippen molar-refractivity contribution in [2.24, 2.45) is 0 Å². The van der Waals surface area contributed by atoms with Crippen molar-refractivity contribution in [2.75, 3.05) is 12.4 Å². The van der Waals surface area contributed by atoms with Gasteiger partial charge in [0.1, 0.15) is 24.6 Å². The second-order valence-corrected chi connectivity index (χ2v) is 16.5. The molecule has 0 bridgehead atoms. The van der Waals surface area contributed by atoms with Crippen LogP contribution in [0.5, 0.6) is 5.75 Å². The summed E-state index contributed by atoms with van der Waals surface area (Å²) in [6.45, 7) is 1.40. The third kappa shape index (κ3) is 12.0. The first-order valence-corrected chi connectivity index (χ1v) is 22.7. The summed E-state index contributed by atoms with van der Waals surface area (Å²) in [5.41, 5.74) is 2.23. The lowest BCUT2D eigenvalue weighted by Crippen LogP contribution is -2.68. The number of methoxy groups -OCH3 is 1. The topological polar surface area (TPSA) is 182 Å². The van der Waals surface area contributed by atoms with Gasteiger partial charge >= 0.3 is 30.0 Å². The Bertz CT molecular complexity index is 2920. The van der Waals surface area contributed by atoms with Crippen molar-refractivity contribution in [3.8, 4) is 5.75 Å².